The van der Waals surface area contributed by atoms with Gasteiger partial charge in [0.1, 0.15) is 0 Å². The number of likely N-dealkylation sites (tertiary alicyclic amines) is 1. The van der Waals surface area contributed by atoms with E-state index in [9.17, 15) is 0 Å². The molecule has 2 rings (SSSR count). The summed E-state index contributed by atoms with van der Waals surface area (Å²) in [6.07, 6.45) is 4.51. The van der Waals surface area contributed by atoms with E-state index in [0.717, 1.165) is 45.1 Å². The molecule has 17 heavy (non-hydrogen) atoms. The molecule has 2 saturated heterocycles. The molecule has 0 radical (unpaired) electrons. The third kappa shape index (κ3) is 3.91. The molecular formula is C13H26N2O2. The summed E-state index contributed by atoms with van der Waals surface area (Å²) in [5.41, 5.74) is 6.43. The van der Waals surface area contributed by atoms with Crippen LogP contribution in [0.4, 0.5) is 0 Å². The maximum absolute atomic E-state index is 6.44. The summed E-state index contributed by atoms with van der Waals surface area (Å²) in [5.74, 6) is 0.750. The standard InChI is InChI=1S/C13H26N2O2/c1-16-10-12-2-6-15(7-3-12)11-13(14)4-8-17-9-5-13/h12H,2-11,14H2,1H3. The van der Waals surface area contributed by atoms with Crippen LogP contribution >= 0.6 is 0 Å². The summed E-state index contributed by atoms with van der Waals surface area (Å²) in [7, 11) is 1.79. The molecule has 2 N–H and O–H groups in total. The van der Waals surface area contributed by atoms with Crippen molar-refractivity contribution in [2.75, 3.05) is 46.6 Å². The molecule has 4 nitrogen and oxygen atoms in total. The van der Waals surface area contributed by atoms with Gasteiger partial charge in [-0.1, -0.05) is 0 Å². The molecule has 2 heterocycles. The van der Waals surface area contributed by atoms with Gasteiger partial charge in [-0.25, -0.2) is 0 Å². The van der Waals surface area contributed by atoms with Crippen molar-refractivity contribution >= 4 is 0 Å². The van der Waals surface area contributed by atoms with Gasteiger partial charge in [-0.05, 0) is 44.7 Å². The molecule has 0 aliphatic carbocycles. The number of hydrogen-bond acceptors (Lipinski definition) is 4. The molecule has 2 aliphatic heterocycles. The van der Waals surface area contributed by atoms with Crippen molar-refractivity contribution in [3.05, 3.63) is 0 Å². The van der Waals surface area contributed by atoms with E-state index in [1.165, 1.54) is 25.9 Å². The molecular weight excluding hydrogens is 216 g/mol. The fourth-order valence-electron chi connectivity index (χ4n) is 2.93. The van der Waals surface area contributed by atoms with Crippen LogP contribution in [0.5, 0.6) is 0 Å². The third-order valence-electron chi connectivity index (χ3n) is 4.14. The number of rotatable bonds is 4. The van der Waals surface area contributed by atoms with E-state index >= 15 is 0 Å². The molecule has 0 saturated carbocycles. The Kier molecular flexibility index (Phi) is 4.79. The first-order valence-corrected chi connectivity index (χ1v) is 6.80. The molecule has 0 amide bonds. The second-order valence-electron chi connectivity index (χ2n) is 5.65. The van der Waals surface area contributed by atoms with Crippen LogP contribution in [0, 0.1) is 5.92 Å². The lowest BCUT2D eigenvalue weighted by Crippen LogP contribution is -2.54. The number of methoxy groups -OCH3 is 1. The number of hydrogen-bond donors (Lipinski definition) is 1. The van der Waals surface area contributed by atoms with E-state index in [2.05, 4.69) is 4.90 Å². The van der Waals surface area contributed by atoms with Crippen LogP contribution in [0.1, 0.15) is 25.7 Å². The lowest BCUT2D eigenvalue weighted by atomic mass is 9.89. The molecule has 0 aromatic heterocycles. The molecule has 100 valence electrons. The predicted molar refractivity (Wildman–Crippen MR) is 68.0 cm³/mol. The zero-order valence-corrected chi connectivity index (χ0v) is 11.0. The Balaban J connectivity index is 1.73. The van der Waals surface area contributed by atoms with Crippen molar-refractivity contribution < 1.29 is 9.47 Å². The number of nitrogens with zero attached hydrogens (tertiary/aromatic N) is 1. The van der Waals surface area contributed by atoms with Gasteiger partial charge in [-0.2, -0.15) is 0 Å². The smallest absolute Gasteiger partial charge is 0.0491 e. The Morgan fingerprint density at radius 1 is 1.29 bits per heavy atom. The Morgan fingerprint density at radius 2 is 1.94 bits per heavy atom. The lowest BCUT2D eigenvalue weighted by Gasteiger charge is -2.40. The maximum atomic E-state index is 6.44. The van der Waals surface area contributed by atoms with Gasteiger partial charge in [0.05, 0.1) is 0 Å². The fourth-order valence-corrected chi connectivity index (χ4v) is 2.93. The van der Waals surface area contributed by atoms with Crippen LogP contribution in [0.25, 0.3) is 0 Å². The van der Waals surface area contributed by atoms with Crippen LogP contribution in [0.2, 0.25) is 0 Å². The largest absolute Gasteiger partial charge is 0.384 e. The first-order valence-electron chi connectivity index (χ1n) is 6.80. The quantitative estimate of drug-likeness (QED) is 0.794. The summed E-state index contributed by atoms with van der Waals surface area (Å²) in [6.45, 7) is 5.96. The number of nitrogens with two attached hydrogens (primary N) is 1. The van der Waals surface area contributed by atoms with Gasteiger partial charge < -0.3 is 20.1 Å². The second-order valence-corrected chi connectivity index (χ2v) is 5.65. The Labute approximate surface area is 104 Å². The van der Waals surface area contributed by atoms with Crippen molar-refractivity contribution in [2.45, 2.75) is 31.2 Å². The van der Waals surface area contributed by atoms with Crippen LogP contribution in [-0.2, 0) is 9.47 Å². The molecule has 2 aliphatic rings. The predicted octanol–water partition coefficient (Wildman–Crippen LogP) is 0.853. The minimum Gasteiger partial charge on any atom is -0.384 e. The van der Waals surface area contributed by atoms with Gasteiger partial charge >= 0.3 is 0 Å². The van der Waals surface area contributed by atoms with Gasteiger partial charge in [-0.15, -0.1) is 0 Å². The van der Waals surface area contributed by atoms with Gasteiger partial charge in [0.2, 0.25) is 0 Å². The van der Waals surface area contributed by atoms with E-state index in [4.69, 9.17) is 15.2 Å². The molecule has 0 spiro atoms. The molecule has 0 aromatic carbocycles. The average Bonchev–Trinajstić information content (AvgIpc) is 2.33. The highest BCUT2D eigenvalue weighted by Crippen LogP contribution is 2.23. The summed E-state index contributed by atoms with van der Waals surface area (Å²) in [4.78, 5) is 2.53. The highest BCUT2D eigenvalue weighted by molar-refractivity contribution is 4.90. The SMILES string of the molecule is COCC1CCN(CC2(N)CCOCC2)CC1. The number of piperidine rings is 1. The van der Waals surface area contributed by atoms with E-state index in [1.54, 1.807) is 7.11 Å². The topological polar surface area (TPSA) is 47.7 Å². The lowest BCUT2D eigenvalue weighted by molar-refractivity contribution is 0.0276. The molecule has 0 unspecified atom stereocenters. The van der Waals surface area contributed by atoms with Gasteiger partial charge in [0, 0.05) is 39.0 Å². The van der Waals surface area contributed by atoms with Gasteiger partial charge in [0.25, 0.3) is 0 Å². The van der Waals surface area contributed by atoms with Crippen LogP contribution in [0.3, 0.4) is 0 Å². The summed E-state index contributed by atoms with van der Waals surface area (Å²) in [6, 6.07) is 0. The van der Waals surface area contributed by atoms with E-state index in [0.29, 0.717) is 0 Å². The first kappa shape index (κ1) is 13.3. The number of ether oxygens (including phenoxy) is 2. The normalized spacial score (nSPS) is 27.2. The summed E-state index contributed by atoms with van der Waals surface area (Å²) < 4.78 is 10.6. The van der Waals surface area contributed by atoms with Gasteiger partial charge in [0.15, 0.2) is 0 Å². The van der Waals surface area contributed by atoms with E-state index in [-0.39, 0.29) is 5.54 Å². The average molecular weight is 242 g/mol. The Hall–Kier alpha value is -0.160. The van der Waals surface area contributed by atoms with Crippen LogP contribution in [0.15, 0.2) is 0 Å². The monoisotopic (exact) mass is 242 g/mol. The van der Waals surface area contributed by atoms with Crippen molar-refractivity contribution in [1.82, 2.24) is 4.90 Å². The Bertz CT molecular complexity index is 221. The summed E-state index contributed by atoms with van der Waals surface area (Å²) >= 11 is 0. The minimum atomic E-state index is -0.00760. The molecule has 2 fully saturated rings. The highest BCUT2D eigenvalue weighted by atomic mass is 16.5. The molecule has 0 aromatic rings. The second kappa shape index (κ2) is 6.14. The first-order chi connectivity index (χ1) is 8.22. The van der Waals surface area contributed by atoms with E-state index < -0.39 is 0 Å². The van der Waals surface area contributed by atoms with E-state index in [1.807, 2.05) is 0 Å². The van der Waals surface area contributed by atoms with Crippen molar-refractivity contribution in [3.63, 3.8) is 0 Å². The van der Waals surface area contributed by atoms with Gasteiger partial charge in [-0.3, -0.25) is 0 Å². The maximum Gasteiger partial charge on any atom is 0.0491 e. The summed E-state index contributed by atoms with van der Waals surface area (Å²) in [5, 5.41) is 0. The fraction of sp³-hybridized carbons (Fsp3) is 1.00. The zero-order chi connectivity index (χ0) is 12.1. The minimum absolute atomic E-state index is 0.00760. The van der Waals surface area contributed by atoms with Crippen molar-refractivity contribution in [1.29, 1.82) is 0 Å². The van der Waals surface area contributed by atoms with Crippen molar-refractivity contribution in [2.24, 2.45) is 11.7 Å². The Morgan fingerprint density at radius 3 is 2.53 bits per heavy atom. The van der Waals surface area contributed by atoms with Crippen molar-refractivity contribution in [3.8, 4) is 0 Å². The molecule has 4 heteroatoms. The zero-order valence-electron chi connectivity index (χ0n) is 11.0. The molecule has 0 atom stereocenters. The van der Waals surface area contributed by atoms with Crippen LogP contribution < -0.4 is 5.73 Å². The van der Waals surface area contributed by atoms with Crippen LogP contribution in [-0.4, -0.2) is 57.0 Å². The highest BCUT2D eigenvalue weighted by Gasteiger charge is 2.31. The molecule has 0 bridgehead atoms. The third-order valence-corrected chi connectivity index (χ3v) is 4.14.